The molecule has 4 nitrogen and oxygen atoms in total. The number of ether oxygens (including phenoxy) is 1. The number of hydrogen-bond donors (Lipinski definition) is 1. The van der Waals surface area contributed by atoms with Crippen molar-refractivity contribution in [2.24, 2.45) is 5.10 Å². The van der Waals surface area contributed by atoms with Gasteiger partial charge in [0.15, 0.2) is 0 Å². The molecule has 0 spiro atoms. The quantitative estimate of drug-likeness (QED) is 0.500. The summed E-state index contributed by atoms with van der Waals surface area (Å²) in [4.78, 5) is 1.15. The Kier molecular flexibility index (Phi) is 4.15. The van der Waals surface area contributed by atoms with Crippen LogP contribution < -0.4 is 4.74 Å². The molecule has 136 valence electrons. The van der Waals surface area contributed by atoms with E-state index < -0.39 is 6.23 Å². The number of thiophene rings is 1. The maximum atomic E-state index is 10.4. The first-order valence-electron chi connectivity index (χ1n) is 8.44. The number of halogens is 2. The molecule has 2 atom stereocenters. The molecule has 0 radical (unpaired) electrons. The van der Waals surface area contributed by atoms with Crippen LogP contribution in [0.25, 0.3) is 0 Å². The van der Waals surface area contributed by atoms with Crippen LogP contribution in [-0.2, 0) is 0 Å². The number of nitrogens with zero attached hydrogens (tertiary/aromatic N) is 2. The van der Waals surface area contributed by atoms with Crippen molar-refractivity contribution >= 4 is 44.6 Å². The Morgan fingerprint density at radius 2 is 2.07 bits per heavy atom. The lowest BCUT2D eigenvalue weighted by Crippen LogP contribution is -2.33. The Labute approximate surface area is 173 Å². The molecular weight excluding hydrogens is 448 g/mol. The number of hydrazone groups is 1. The van der Waals surface area contributed by atoms with Crippen molar-refractivity contribution in [1.29, 1.82) is 0 Å². The molecule has 0 fully saturated rings. The summed E-state index contributed by atoms with van der Waals surface area (Å²) < 4.78 is 7.27. The lowest BCUT2D eigenvalue weighted by atomic mass is 9.97. The van der Waals surface area contributed by atoms with E-state index >= 15 is 0 Å². The van der Waals surface area contributed by atoms with Gasteiger partial charge in [0.1, 0.15) is 11.5 Å². The van der Waals surface area contributed by atoms with Crippen LogP contribution in [0.1, 0.15) is 34.7 Å². The van der Waals surface area contributed by atoms with Crippen LogP contribution in [0, 0.1) is 0 Å². The minimum Gasteiger partial charge on any atom is -0.507 e. The highest BCUT2D eigenvalue weighted by Crippen LogP contribution is 2.49. The molecule has 0 aliphatic carbocycles. The maximum absolute atomic E-state index is 10.4. The second kappa shape index (κ2) is 6.55. The molecule has 2 aromatic carbocycles. The van der Waals surface area contributed by atoms with Crippen molar-refractivity contribution in [3.63, 3.8) is 0 Å². The van der Waals surface area contributed by atoms with E-state index in [1.165, 1.54) is 0 Å². The molecular formula is C20H14BrClN2O2S. The summed E-state index contributed by atoms with van der Waals surface area (Å²) in [6.45, 7) is 0. The first-order chi connectivity index (χ1) is 13.1. The first kappa shape index (κ1) is 17.1. The zero-order chi connectivity index (χ0) is 18.5. The van der Waals surface area contributed by atoms with Crippen molar-refractivity contribution in [2.45, 2.75) is 18.7 Å². The molecule has 5 rings (SSSR count). The third-order valence-corrected chi connectivity index (χ3v) is 6.46. The van der Waals surface area contributed by atoms with Crippen LogP contribution in [0.5, 0.6) is 11.5 Å². The van der Waals surface area contributed by atoms with Gasteiger partial charge >= 0.3 is 0 Å². The van der Waals surface area contributed by atoms with Gasteiger partial charge in [-0.2, -0.15) is 5.10 Å². The molecule has 0 saturated heterocycles. The fraction of sp³-hybridized carbons (Fsp3) is 0.150. The molecule has 3 aromatic rings. The van der Waals surface area contributed by atoms with E-state index in [2.05, 4.69) is 33.4 Å². The molecule has 7 heteroatoms. The lowest BCUT2D eigenvalue weighted by molar-refractivity contribution is -0.0203. The molecule has 2 aliphatic heterocycles. The number of phenolic OH excluding ortho intramolecular Hbond substituents is 1. The van der Waals surface area contributed by atoms with Crippen LogP contribution in [0.3, 0.4) is 0 Å². The van der Waals surface area contributed by atoms with Gasteiger partial charge in [-0.25, -0.2) is 5.01 Å². The van der Waals surface area contributed by atoms with Crippen molar-refractivity contribution in [3.8, 4) is 11.5 Å². The van der Waals surface area contributed by atoms with E-state index in [1.807, 2.05) is 23.2 Å². The van der Waals surface area contributed by atoms with Crippen molar-refractivity contribution in [1.82, 2.24) is 5.01 Å². The summed E-state index contributed by atoms with van der Waals surface area (Å²) in [7, 11) is 0. The third kappa shape index (κ3) is 2.92. The SMILES string of the molecule is Oc1ccc(Cl)cc1[C@H]1Oc2ccc(Br)cc2[C@@H]2CC(c3cccs3)=NN12. The molecule has 1 N–H and O–H groups in total. The predicted octanol–water partition coefficient (Wildman–Crippen LogP) is 6.11. The molecule has 0 unspecified atom stereocenters. The van der Waals surface area contributed by atoms with Crippen LogP contribution in [0.15, 0.2) is 63.5 Å². The van der Waals surface area contributed by atoms with Gasteiger partial charge in [0.25, 0.3) is 0 Å². The minimum atomic E-state index is -0.542. The monoisotopic (exact) mass is 460 g/mol. The standard InChI is InChI=1S/C20H14BrClN2O2S/c21-11-3-6-18-13(8-11)16-10-15(19-2-1-7-27-19)23-24(16)20(26-18)14-9-12(22)4-5-17(14)25/h1-9,16,20,25H,10H2/t16-,20+/m0/s1. The summed E-state index contributed by atoms with van der Waals surface area (Å²) >= 11 is 11.4. The van der Waals surface area contributed by atoms with Gasteiger partial charge in [-0.05, 0) is 47.8 Å². The Bertz CT molecular complexity index is 1050. The summed E-state index contributed by atoms with van der Waals surface area (Å²) in [6, 6.07) is 15.1. The summed E-state index contributed by atoms with van der Waals surface area (Å²) in [5, 5.41) is 19.8. The average Bonchev–Trinajstić information content (AvgIpc) is 3.32. The molecule has 0 saturated carbocycles. The number of phenols is 1. The Hall–Kier alpha value is -2.02. The first-order valence-corrected chi connectivity index (χ1v) is 10.5. The largest absolute Gasteiger partial charge is 0.507 e. The van der Waals surface area contributed by atoms with Gasteiger partial charge in [-0.1, -0.05) is 33.6 Å². The Morgan fingerprint density at radius 3 is 2.89 bits per heavy atom. The predicted molar refractivity (Wildman–Crippen MR) is 111 cm³/mol. The number of hydrogen-bond acceptors (Lipinski definition) is 5. The highest BCUT2D eigenvalue weighted by atomic mass is 79.9. The van der Waals surface area contributed by atoms with Crippen molar-refractivity contribution in [2.75, 3.05) is 0 Å². The van der Waals surface area contributed by atoms with Gasteiger partial charge in [0.2, 0.25) is 6.23 Å². The number of rotatable bonds is 2. The van der Waals surface area contributed by atoms with Gasteiger partial charge < -0.3 is 9.84 Å². The topological polar surface area (TPSA) is 45.1 Å². The zero-order valence-electron chi connectivity index (χ0n) is 14.0. The Morgan fingerprint density at radius 1 is 1.19 bits per heavy atom. The van der Waals surface area contributed by atoms with Crippen LogP contribution >= 0.6 is 38.9 Å². The number of benzene rings is 2. The average molecular weight is 462 g/mol. The zero-order valence-corrected chi connectivity index (χ0v) is 17.1. The molecule has 3 heterocycles. The molecule has 0 amide bonds. The van der Waals surface area contributed by atoms with E-state index in [4.69, 9.17) is 21.4 Å². The number of fused-ring (bicyclic) bond motifs is 3. The van der Waals surface area contributed by atoms with Crippen molar-refractivity contribution < 1.29 is 9.84 Å². The number of aromatic hydroxyl groups is 1. The van der Waals surface area contributed by atoms with Crippen LogP contribution in [0.4, 0.5) is 0 Å². The molecule has 27 heavy (non-hydrogen) atoms. The van der Waals surface area contributed by atoms with Crippen molar-refractivity contribution in [3.05, 3.63) is 79.4 Å². The minimum absolute atomic E-state index is 0.0340. The van der Waals surface area contributed by atoms with E-state index in [1.54, 1.807) is 29.5 Å². The second-order valence-electron chi connectivity index (χ2n) is 6.48. The van der Waals surface area contributed by atoms with Gasteiger partial charge in [-0.15, -0.1) is 11.3 Å². The fourth-order valence-electron chi connectivity index (χ4n) is 3.58. The van der Waals surface area contributed by atoms with E-state index in [-0.39, 0.29) is 11.8 Å². The van der Waals surface area contributed by atoms with Gasteiger partial charge in [0, 0.05) is 21.5 Å². The highest BCUT2D eigenvalue weighted by Gasteiger charge is 2.42. The van der Waals surface area contributed by atoms with Crippen LogP contribution in [0.2, 0.25) is 5.02 Å². The maximum Gasteiger partial charge on any atom is 0.217 e. The fourth-order valence-corrected chi connectivity index (χ4v) is 4.86. The summed E-state index contributed by atoms with van der Waals surface area (Å²) in [5.41, 5.74) is 2.72. The second-order valence-corrected chi connectivity index (χ2v) is 8.78. The third-order valence-electron chi connectivity index (χ3n) is 4.81. The van der Waals surface area contributed by atoms with E-state index in [0.717, 1.165) is 32.8 Å². The van der Waals surface area contributed by atoms with Gasteiger partial charge in [-0.3, -0.25) is 0 Å². The van der Waals surface area contributed by atoms with Gasteiger partial charge in [0.05, 0.1) is 22.2 Å². The molecule has 1 aromatic heterocycles. The smallest absolute Gasteiger partial charge is 0.217 e. The van der Waals surface area contributed by atoms with Crippen LogP contribution in [-0.4, -0.2) is 15.8 Å². The molecule has 0 bridgehead atoms. The summed E-state index contributed by atoms with van der Waals surface area (Å²) in [6.07, 6.45) is 0.241. The lowest BCUT2D eigenvalue weighted by Gasteiger charge is -2.38. The van der Waals surface area contributed by atoms with E-state index in [0.29, 0.717) is 10.6 Å². The molecule has 2 aliphatic rings. The Balaban J connectivity index is 1.65. The highest BCUT2D eigenvalue weighted by molar-refractivity contribution is 9.10. The van der Waals surface area contributed by atoms with E-state index in [9.17, 15) is 5.11 Å². The normalized spacial score (nSPS) is 20.7. The summed E-state index contributed by atoms with van der Waals surface area (Å²) in [5.74, 6) is 0.940.